The number of methoxy groups -OCH3 is 2. The van der Waals surface area contributed by atoms with Crippen LogP contribution in [0.3, 0.4) is 0 Å². The highest BCUT2D eigenvalue weighted by molar-refractivity contribution is 7.92. The van der Waals surface area contributed by atoms with Crippen LogP contribution in [0.1, 0.15) is 60.5 Å². The predicted octanol–water partition coefficient (Wildman–Crippen LogP) is 4.35. The number of hydrogen-bond acceptors (Lipinski definition) is 7. The van der Waals surface area contributed by atoms with E-state index in [9.17, 15) is 18.0 Å². The molecule has 2 atom stereocenters. The fourth-order valence-corrected chi connectivity index (χ4v) is 8.09. The minimum Gasteiger partial charge on any atom is -0.497 e. The van der Waals surface area contributed by atoms with Crippen molar-refractivity contribution in [3.05, 3.63) is 76.2 Å². The van der Waals surface area contributed by atoms with Crippen LogP contribution in [0.4, 0.5) is 11.4 Å². The van der Waals surface area contributed by atoms with E-state index in [0.29, 0.717) is 42.3 Å². The number of pyridine rings is 1. The van der Waals surface area contributed by atoms with E-state index in [1.807, 2.05) is 16.7 Å². The molecule has 1 aliphatic carbocycles. The first-order valence-corrected chi connectivity index (χ1v) is 16.4. The van der Waals surface area contributed by atoms with E-state index >= 15 is 0 Å². The third-order valence-electron chi connectivity index (χ3n) is 8.92. The Morgan fingerprint density at radius 2 is 1.74 bits per heavy atom. The number of nitrogens with one attached hydrogen (secondary N) is 2. The fraction of sp³-hybridized carbons (Fsp3) is 0.438. The van der Waals surface area contributed by atoms with E-state index in [0.717, 1.165) is 37.8 Å². The van der Waals surface area contributed by atoms with E-state index in [2.05, 4.69) is 14.9 Å². The molecule has 2 N–H and O–H groups in total. The Kier molecular flexibility index (Phi) is 8.09. The molecule has 1 saturated heterocycles. The summed E-state index contributed by atoms with van der Waals surface area (Å²) in [6, 6.07) is 15.3. The predicted molar refractivity (Wildman–Crippen MR) is 165 cm³/mol. The van der Waals surface area contributed by atoms with E-state index in [4.69, 9.17) is 9.47 Å². The SMILES string of the molecule is COc1ccc(OC)c(S(=O)(=O)Nc2cc(C(=O)NC3CCCCC3)ccc2N2CC3CC(C2)c2cccc(=O)n2C3)c1. The first-order chi connectivity index (χ1) is 20.8. The summed E-state index contributed by atoms with van der Waals surface area (Å²) in [5.41, 5.74) is 2.39. The number of benzene rings is 2. The van der Waals surface area contributed by atoms with Gasteiger partial charge in [-0.15, -0.1) is 0 Å². The van der Waals surface area contributed by atoms with Gasteiger partial charge in [-0.1, -0.05) is 25.3 Å². The van der Waals surface area contributed by atoms with Gasteiger partial charge in [-0.05, 0) is 61.6 Å². The Bertz CT molecular complexity index is 1680. The van der Waals surface area contributed by atoms with Gasteiger partial charge in [0.25, 0.3) is 21.5 Å². The van der Waals surface area contributed by atoms with Crippen molar-refractivity contribution in [2.24, 2.45) is 5.92 Å². The molecule has 1 saturated carbocycles. The molecule has 0 spiro atoms. The fourth-order valence-electron chi connectivity index (χ4n) is 6.84. The Labute approximate surface area is 252 Å². The van der Waals surface area contributed by atoms with Crippen LogP contribution in [0.25, 0.3) is 0 Å². The first kappa shape index (κ1) is 29.1. The Hall–Kier alpha value is -3.99. The highest BCUT2D eigenvalue weighted by Crippen LogP contribution is 2.40. The summed E-state index contributed by atoms with van der Waals surface area (Å²) >= 11 is 0. The largest absolute Gasteiger partial charge is 0.497 e. The number of carbonyl (C=O) groups excluding carboxylic acids is 1. The molecule has 2 unspecified atom stereocenters. The number of amides is 1. The summed E-state index contributed by atoms with van der Waals surface area (Å²) in [4.78, 5) is 28.0. The molecule has 1 aromatic heterocycles. The molecule has 11 heteroatoms. The Morgan fingerprint density at radius 3 is 2.51 bits per heavy atom. The second kappa shape index (κ2) is 11.9. The molecule has 3 heterocycles. The third kappa shape index (κ3) is 5.95. The molecule has 6 rings (SSSR count). The number of piperidine rings is 1. The maximum absolute atomic E-state index is 13.9. The van der Waals surface area contributed by atoms with Crippen molar-refractivity contribution in [1.82, 2.24) is 9.88 Å². The number of carbonyl (C=O) groups is 1. The highest BCUT2D eigenvalue weighted by atomic mass is 32.2. The van der Waals surface area contributed by atoms with Crippen LogP contribution in [-0.2, 0) is 16.6 Å². The van der Waals surface area contributed by atoms with Gasteiger partial charge in [-0.2, -0.15) is 0 Å². The van der Waals surface area contributed by atoms with Gasteiger partial charge >= 0.3 is 0 Å². The molecule has 2 bridgehead atoms. The number of fused-ring (bicyclic) bond motifs is 4. The lowest BCUT2D eigenvalue weighted by Gasteiger charge is -2.44. The van der Waals surface area contributed by atoms with Crippen LogP contribution in [0.2, 0.25) is 0 Å². The summed E-state index contributed by atoms with van der Waals surface area (Å²) in [5.74, 6) is 0.680. The van der Waals surface area contributed by atoms with Crippen LogP contribution >= 0.6 is 0 Å². The molecule has 2 aromatic carbocycles. The van der Waals surface area contributed by atoms with Gasteiger partial charge in [0.1, 0.15) is 16.4 Å². The lowest BCUT2D eigenvalue weighted by atomic mass is 9.83. The van der Waals surface area contributed by atoms with Crippen LogP contribution < -0.4 is 30.0 Å². The van der Waals surface area contributed by atoms with E-state index < -0.39 is 10.0 Å². The molecule has 1 amide bonds. The van der Waals surface area contributed by atoms with Gasteiger partial charge in [-0.25, -0.2) is 8.42 Å². The van der Waals surface area contributed by atoms with Gasteiger partial charge in [0.15, 0.2) is 0 Å². The van der Waals surface area contributed by atoms with Crippen molar-refractivity contribution >= 4 is 27.3 Å². The van der Waals surface area contributed by atoms with Crippen LogP contribution in [0.5, 0.6) is 11.5 Å². The molecule has 3 aromatic rings. The lowest BCUT2D eigenvalue weighted by Crippen LogP contribution is -2.47. The monoisotopic (exact) mass is 606 g/mol. The Morgan fingerprint density at radius 1 is 0.930 bits per heavy atom. The molecule has 3 aliphatic rings. The van der Waals surface area contributed by atoms with Crippen molar-refractivity contribution in [1.29, 1.82) is 0 Å². The van der Waals surface area contributed by atoms with Crippen molar-refractivity contribution in [3.8, 4) is 11.5 Å². The van der Waals surface area contributed by atoms with Gasteiger partial charge in [0.2, 0.25) is 0 Å². The van der Waals surface area contributed by atoms with Gasteiger partial charge in [0, 0.05) is 55.0 Å². The van der Waals surface area contributed by atoms with E-state index in [-0.39, 0.29) is 40.0 Å². The summed E-state index contributed by atoms with van der Waals surface area (Å²) in [6.45, 7) is 1.89. The second-order valence-electron chi connectivity index (χ2n) is 11.8. The van der Waals surface area contributed by atoms with Gasteiger partial charge in [0.05, 0.1) is 25.6 Å². The molecule has 0 radical (unpaired) electrons. The molecule has 228 valence electrons. The molecule has 10 nitrogen and oxygen atoms in total. The maximum Gasteiger partial charge on any atom is 0.265 e. The average Bonchev–Trinajstić information content (AvgIpc) is 3.01. The minimum absolute atomic E-state index is 0.00895. The first-order valence-electron chi connectivity index (χ1n) is 14.9. The number of rotatable bonds is 8. The number of sulfonamides is 1. The van der Waals surface area contributed by atoms with Crippen LogP contribution in [-0.4, -0.2) is 52.2 Å². The molecule has 2 fully saturated rings. The number of hydrogen-bond donors (Lipinski definition) is 2. The van der Waals surface area contributed by atoms with Gasteiger partial charge in [-0.3, -0.25) is 14.3 Å². The topological polar surface area (TPSA) is 119 Å². The number of ether oxygens (including phenoxy) is 2. The molecular weight excluding hydrogens is 568 g/mol. The number of anilines is 2. The van der Waals surface area contributed by atoms with Crippen molar-refractivity contribution in [3.63, 3.8) is 0 Å². The van der Waals surface area contributed by atoms with Crippen molar-refractivity contribution in [2.45, 2.75) is 61.9 Å². The molecule has 43 heavy (non-hydrogen) atoms. The maximum atomic E-state index is 13.9. The third-order valence-corrected chi connectivity index (χ3v) is 10.3. The van der Waals surface area contributed by atoms with Crippen molar-refractivity contribution in [2.75, 3.05) is 36.9 Å². The minimum atomic E-state index is -4.15. The highest BCUT2D eigenvalue weighted by Gasteiger charge is 2.36. The molecular formula is C32H38N4O6S. The zero-order valence-electron chi connectivity index (χ0n) is 24.5. The van der Waals surface area contributed by atoms with Crippen molar-refractivity contribution < 1.29 is 22.7 Å². The van der Waals surface area contributed by atoms with Crippen LogP contribution in [0.15, 0.2) is 64.3 Å². The van der Waals surface area contributed by atoms with E-state index in [1.54, 1.807) is 36.4 Å². The summed E-state index contributed by atoms with van der Waals surface area (Å²) in [6.07, 6.45) is 6.20. The smallest absolute Gasteiger partial charge is 0.265 e. The summed E-state index contributed by atoms with van der Waals surface area (Å²) in [7, 11) is -1.27. The zero-order valence-corrected chi connectivity index (χ0v) is 25.4. The Balaban J connectivity index is 1.36. The zero-order chi connectivity index (χ0) is 30.1. The van der Waals surface area contributed by atoms with Crippen LogP contribution in [0, 0.1) is 5.92 Å². The number of nitrogens with zero attached hydrogens (tertiary/aromatic N) is 2. The second-order valence-corrected chi connectivity index (χ2v) is 13.4. The van der Waals surface area contributed by atoms with E-state index in [1.165, 1.54) is 26.7 Å². The quantitative estimate of drug-likeness (QED) is 0.391. The lowest BCUT2D eigenvalue weighted by molar-refractivity contribution is 0.0927. The average molecular weight is 607 g/mol. The van der Waals surface area contributed by atoms with Gasteiger partial charge < -0.3 is 24.3 Å². The number of aromatic nitrogens is 1. The normalized spacial score (nSPS) is 20.2. The summed E-state index contributed by atoms with van der Waals surface area (Å²) in [5, 5.41) is 3.14. The standard InChI is InChI=1S/C32H38N4O6S/c1-41-25-12-14-29(42-2)30(17-25)43(39,40)34-26-16-22(32(38)33-24-7-4-3-5-8-24)11-13-28(26)35-18-21-15-23(20-35)27-9-6-10-31(37)36(27)19-21/h6,9-14,16-17,21,23-24,34H,3-5,7-8,15,18-20H2,1-2H3,(H,33,38). The summed E-state index contributed by atoms with van der Waals surface area (Å²) < 4.78 is 43.1. The molecule has 2 aliphatic heterocycles.